The summed E-state index contributed by atoms with van der Waals surface area (Å²) in [6, 6.07) is 3.57. The van der Waals surface area contributed by atoms with Crippen LogP contribution >= 0.6 is 0 Å². The SMILES string of the molecule is C=C(NC(=O)c1cc(C)ccn1)OC(=C)C1C2CCCC21.CC. The highest BCUT2D eigenvalue weighted by Gasteiger charge is 2.54. The smallest absolute Gasteiger partial charge is 0.276 e. The van der Waals surface area contributed by atoms with Crippen LogP contribution in [0.25, 0.3) is 0 Å². The van der Waals surface area contributed by atoms with Crippen molar-refractivity contribution in [3.05, 3.63) is 54.4 Å². The van der Waals surface area contributed by atoms with Crippen LogP contribution < -0.4 is 5.32 Å². The number of aryl methyl sites for hydroxylation is 1. The Morgan fingerprint density at radius 2 is 1.96 bits per heavy atom. The lowest BCUT2D eigenvalue weighted by atomic mass is 10.1. The van der Waals surface area contributed by atoms with Crippen molar-refractivity contribution in [2.75, 3.05) is 0 Å². The van der Waals surface area contributed by atoms with E-state index < -0.39 is 0 Å². The molecule has 0 aromatic carbocycles. The zero-order valence-corrected chi connectivity index (χ0v) is 14.3. The summed E-state index contributed by atoms with van der Waals surface area (Å²) in [5, 5.41) is 2.62. The lowest BCUT2D eigenvalue weighted by molar-refractivity contribution is 0.0931. The van der Waals surface area contributed by atoms with E-state index in [4.69, 9.17) is 4.74 Å². The summed E-state index contributed by atoms with van der Waals surface area (Å²) in [5.41, 5.74) is 1.34. The van der Waals surface area contributed by atoms with E-state index in [0.29, 0.717) is 11.6 Å². The number of rotatable bonds is 5. The van der Waals surface area contributed by atoms with Gasteiger partial charge in [-0.3, -0.25) is 15.1 Å². The molecule has 2 saturated carbocycles. The molecular formula is C19H26N2O2. The first kappa shape index (κ1) is 17.3. The molecule has 0 radical (unpaired) electrons. The molecule has 4 heteroatoms. The molecule has 2 fully saturated rings. The topological polar surface area (TPSA) is 51.2 Å². The molecular weight excluding hydrogens is 288 g/mol. The second kappa shape index (κ2) is 7.44. The number of fused-ring (bicyclic) bond motifs is 1. The van der Waals surface area contributed by atoms with Crippen molar-refractivity contribution >= 4 is 5.91 Å². The van der Waals surface area contributed by atoms with E-state index in [0.717, 1.165) is 23.2 Å². The number of allylic oxidation sites excluding steroid dienone is 1. The number of hydrogen-bond donors (Lipinski definition) is 1. The van der Waals surface area contributed by atoms with Crippen LogP contribution in [0.15, 0.2) is 43.1 Å². The molecule has 2 unspecified atom stereocenters. The molecule has 2 atom stereocenters. The molecule has 4 nitrogen and oxygen atoms in total. The molecule has 0 bridgehead atoms. The van der Waals surface area contributed by atoms with Gasteiger partial charge in [0, 0.05) is 12.1 Å². The van der Waals surface area contributed by atoms with Crippen molar-refractivity contribution in [3.8, 4) is 0 Å². The summed E-state index contributed by atoms with van der Waals surface area (Å²) in [4.78, 5) is 16.1. The monoisotopic (exact) mass is 314 g/mol. The summed E-state index contributed by atoms with van der Waals surface area (Å²) >= 11 is 0. The predicted octanol–water partition coefficient (Wildman–Crippen LogP) is 4.19. The summed E-state index contributed by atoms with van der Waals surface area (Å²) in [5.74, 6) is 2.56. The minimum absolute atomic E-state index is 0.221. The minimum atomic E-state index is -0.313. The van der Waals surface area contributed by atoms with Crippen molar-refractivity contribution < 1.29 is 9.53 Å². The second-order valence-corrected chi connectivity index (χ2v) is 5.95. The largest absolute Gasteiger partial charge is 0.446 e. The van der Waals surface area contributed by atoms with E-state index in [-0.39, 0.29) is 11.8 Å². The number of nitrogens with zero attached hydrogens (tertiary/aromatic N) is 1. The summed E-state index contributed by atoms with van der Waals surface area (Å²) in [7, 11) is 0. The normalized spacial score (nSPS) is 23.9. The molecule has 23 heavy (non-hydrogen) atoms. The Hall–Kier alpha value is -2.10. The van der Waals surface area contributed by atoms with E-state index in [9.17, 15) is 4.79 Å². The summed E-state index contributed by atoms with van der Waals surface area (Å²) in [6.07, 6.45) is 5.46. The van der Waals surface area contributed by atoms with Gasteiger partial charge in [0.2, 0.25) is 0 Å². The van der Waals surface area contributed by atoms with Gasteiger partial charge >= 0.3 is 0 Å². The highest BCUT2D eigenvalue weighted by molar-refractivity contribution is 5.93. The number of hydrogen-bond acceptors (Lipinski definition) is 3. The minimum Gasteiger partial charge on any atom is -0.446 e. The molecule has 2 aliphatic rings. The number of pyridine rings is 1. The van der Waals surface area contributed by atoms with Gasteiger partial charge in [0.1, 0.15) is 11.5 Å². The van der Waals surface area contributed by atoms with Gasteiger partial charge in [-0.2, -0.15) is 0 Å². The fourth-order valence-corrected chi connectivity index (χ4v) is 3.40. The maximum absolute atomic E-state index is 12.0. The van der Waals surface area contributed by atoms with Crippen molar-refractivity contribution in [1.82, 2.24) is 10.3 Å². The van der Waals surface area contributed by atoms with Crippen LogP contribution in [0.1, 0.15) is 49.2 Å². The summed E-state index contributed by atoms with van der Waals surface area (Å²) < 4.78 is 5.58. The third-order valence-electron chi connectivity index (χ3n) is 4.43. The van der Waals surface area contributed by atoms with Gasteiger partial charge in [0.05, 0.1) is 0 Å². The van der Waals surface area contributed by atoms with Crippen LogP contribution in [-0.2, 0) is 4.74 Å². The van der Waals surface area contributed by atoms with Crippen LogP contribution in [0.4, 0.5) is 0 Å². The van der Waals surface area contributed by atoms with Crippen LogP contribution in [0, 0.1) is 24.7 Å². The molecule has 124 valence electrons. The maximum atomic E-state index is 12.0. The Kier molecular flexibility index (Phi) is 5.59. The number of nitrogens with one attached hydrogen (secondary N) is 1. The Labute approximate surface area is 138 Å². The fourth-order valence-electron chi connectivity index (χ4n) is 3.40. The zero-order chi connectivity index (χ0) is 17.0. The van der Waals surface area contributed by atoms with Gasteiger partial charge in [0.25, 0.3) is 5.91 Å². The molecule has 3 rings (SSSR count). The Balaban J connectivity index is 0.000000924. The quantitative estimate of drug-likeness (QED) is 0.829. The molecule has 0 spiro atoms. The first-order chi connectivity index (χ1) is 11.1. The van der Waals surface area contributed by atoms with Crippen LogP contribution in [0.3, 0.4) is 0 Å². The van der Waals surface area contributed by atoms with Gasteiger partial charge in [-0.25, -0.2) is 0 Å². The Morgan fingerprint density at radius 3 is 2.57 bits per heavy atom. The highest BCUT2D eigenvalue weighted by Crippen LogP contribution is 2.60. The van der Waals surface area contributed by atoms with Gasteiger partial charge in [-0.1, -0.05) is 26.8 Å². The van der Waals surface area contributed by atoms with E-state index >= 15 is 0 Å². The van der Waals surface area contributed by atoms with Crippen LogP contribution in [0.2, 0.25) is 0 Å². The zero-order valence-electron chi connectivity index (χ0n) is 14.3. The highest BCUT2D eigenvalue weighted by atomic mass is 16.5. The van der Waals surface area contributed by atoms with E-state index in [1.807, 2.05) is 26.8 Å². The Morgan fingerprint density at radius 1 is 1.30 bits per heavy atom. The van der Waals surface area contributed by atoms with Crippen molar-refractivity contribution in [2.24, 2.45) is 17.8 Å². The maximum Gasteiger partial charge on any atom is 0.276 e. The lowest BCUT2D eigenvalue weighted by Crippen LogP contribution is -2.24. The standard InChI is InChI=1S/C17H20N2O2.C2H6/c1-10-7-8-18-15(9-10)17(20)19-12(3)21-11(2)16-13-5-4-6-14(13)16;1-2/h7-9,13-14,16H,2-6H2,1H3,(H,19,20);1-2H3. The Bertz CT molecular complexity index is 599. The number of amides is 1. The third-order valence-corrected chi connectivity index (χ3v) is 4.43. The number of aromatic nitrogens is 1. The fraction of sp³-hybridized carbons (Fsp3) is 0.474. The first-order valence-electron chi connectivity index (χ1n) is 8.36. The van der Waals surface area contributed by atoms with Gasteiger partial charge in [-0.05, 0) is 55.9 Å². The molecule has 1 aromatic heterocycles. The number of carbonyl (C=O) groups is 1. The molecule has 1 amide bonds. The molecule has 1 heterocycles. The molecule has 1 aromatic rings. The van der Waals surface area contributed by atoms with E-state index in [1.165, 1.54) is 19.3 Å². The average Bonchev–Trinajstić information content (AvgIpc) is 3.02. The lowest BCUT2D eigenvalue weighted by Gasteiger charge is -2.13. The van der Waals surface area contributed by atoms with E-state index in [2.05, 4.69) is 23.5 Å². The van der Waals surface area contributed by atoms with Gasteiger partial charge in [0.15, 0.2) is 5.88 Å². The molecule has 0 aliphatic heterocycles. The van der Waals surface area contributed by atoms with Crippen LogP contribution in [0.5, 0.6) is 0 Å². The van der Waals surface area contributed by atoms with Crippen LogP contribution in [-0.4, -0.2) is 10.9 Å². The molecule has 0 saturated heterocycles. The second-order valence-electron chi connectivity index (χ2n) is 5.95. The third kappa shape index (κ3) is 4.01. The average molecular weight is 314 g/mol. The first-order valence-corrected chi connectivity index (χ1v) is 8.36. The van der Waals surface area contributed by atoms with Gasteiger partial charge < -0.3 is 4.74 Å². The molecule has 1 N–H and O–H groups in total. The van der Waals surface area contributed by atoms with E-state index in [1.54, 1.807) is 12.3 Å². The predicted molar refractivity (Wildman–Crippen MR) is 91.5 cm³/mol. The van der Waals surface area contributed by atoms with Crippen molar-refractivity contribution in [2.45, 2.75) is 40.0 Å². The number of carbonyl (C=O) groups excluding carboxylic acids is 1. The van der Waals surface area contributed by atoms with Crippen molar-refractivity contribution in [1.29, 1.82) is 0 Å². The van der Waals surface area contributed by atoms with Gasteiger partial charge in [-0.15, -0.1) is 0 Å². The summed E-state index contributed by atoms with van der Waals surface area (Å²) in [6.45, 7) is 13.6. The molecule has 2 aliphatic carbocycles. The van der Waals surface area contributed by atoms with Crippen molar-refractivity contribution in [3.63, 3.8) is 0 Å². The number of ether oxygens (including phenoxy) is 1.